The fourth-order valence-corrected chi connectivity index (χ4v) is 3.51. The molecule has 2 aliphatic rings. The predicted octanol–water partition coefficient (Wildman–Crippen LogP) is 3.06. The summed E-state index contributed by atoms with van der Waals surface area (Å²) in [5.74, 6) is 1.81. The van der Waals surface area contributed by atoms with Crippen LogP contribution in [0.2, 0.25) is 0 Å². The first kappa shape index (κ1) is 10.3. The van der Waals surface area contributed by atoms with Crippen molar-refractivity contribution < 1.29 is 0 Å². The second-order valence-electron chi connectivity index (χ2n) is 5.48. The van der Waals surface area contributed by atoms with Gasteiger partial charge < -0.3 is 4.90 Å². The Balaban J connectivity index is 1.77. The SMILES string of the molecule is CN1CCC(C2CCc3ccccc32)CC1. The van der Waals surface area contributed by atoms with Crippen LogP contribution >= 0.6 is 0 Å². The van der Waals surface area contributed by atoms with E-state index >= 15 is 0 Å². The fraction of sp³-hybridized carbons (Fsp3) is 0.600. The monoisotopic (exact) mass is 215 g/mol. The molecule has 0 aromatic heterocycles. The Hall–Kier alpha value is -0.820. The number of piperidine rings is 1. The highest BCUT2D eigenvalue weighted by Gasteiger charge is 2.30. The highest BCUT2D eigenvalue weighted by Crippen LogP contribution is 2.41. The average molecular weight is 215 g/mol. The summed E-state index contributed by atoms with van der Waals surface area (Å²) in [5, 5.41) is 0. The van der Waals surface area contributed by atoms with E-state index in [9.17, 15) is 0 Å². The van der Waals surface area contributed by atoms with Crippen LogP contribution in [0, 0.1) is 5.92 Å². The summed E-state index contributed by atoms with van der Waals surface area (Å²) in [4.78, 5) is 2.47. The smallest absolute Gasteiger partial charge is 0.00189 e. The maximum absolute atomic E-state index is 2.47. The molecule has 1 heteroatoms. The number of likely N-dealkylation sites (tertiary alicyclic amines) is 1. The van der Waals surface area contributed by atoms with Crippen molar-refractivity contribution >= 4 is 0 Å². The van der Waals surface area contributed by atoms with Crippen molar-refractivity contribution in [3.63, 3.8) is 0 Å². The second kappa shape index (κ2) is 4.21. The molecule has 1 heterocycles. The van der Waals surface area contributed by atoms with Crippen molar-refractivity contribution in [1.29, 1.82) is 0 Å². The number of hydrogen-bond donors (Lipinski definition) is 0. The summed E-state index contributed by atoms with van der Waals surface area (Å²) in [5.41, 5.74) is 3.28. The largest absolute Gasteiger partial charge is 0.306 e. The number of rotatable bonds is 1. The Labute approximate surface area is 98.5 Å². The molecule has 1 aromatic carbocycles. The van der Waals surface area contributed by atoms with E-state index in [0.717, 1.165) is 11.8 Å². The van der Waals surface area contributed by atoms with Crippen molar-refractivity contribution in [2.75, 3.05) is 20.1 Å². The quantitative estimate of drug-likeness (QED) is 0.696. The Bertz CT molecular complexity index is 363. The summed E-state index contributed by atoms with van der Waals surface area (Å²) >= 11 is 0. The molecule has 16 heavy (non-hydrogen) atoms. The van der Waals surface area contributed by atoms with Gasteiger partial charge in [0.25, 0.3) is 0 Å². The number of aryl methyl sites for hydroxylation is 1. The van der Waals surface area contributed by atoms with Gasteiger partial charge in [-0.2, -0.15) is 0 Å². The summed E-state index contributed by atoms with van der Waals surface area (Å²) in [6.45, 7) is 2.59. The normalized spacial score (nSPS) is 26.9. The summed E-state index contributed by atoms with van der Waals surface area (Å²) in [6, 6.07) is 9.09. The molecule has 1 atom stereocenters. The zero-order valence-corrected chi connectivity index (χ0v) is 10.2. The molecule has 1 aliphatic carbocycles. The zero-order valence-electron chi connectivity index (χ0n) is 10.2. The molecule has 3 rings (SSSR count). The van der Waals surface area contributed by atoms with Crippen molar-refractivity contribution in [1.82, 2.24) is 4.90 Å². The molecule has 0 radical (unpaired) electrons. The van der Waals surface area contributed by atoms with Crippen LogP contribution in [0.4, 0.5) is 0 Å². The van der Waals surface area contributed by atoms with Crippen LogP contribution in [0.1, 0.15) is 36.3 Å². The molecule has 1 aliphatic heterocycles. The van der Waals surface area contributed by atoms with E-state index < -0.39 is 0 Å². The van der Waals surface area contributed by atoms with Gasteiger partial charge in [0.1, 0.15) is 0 Å². The van der Waals surface area contributed by atoms with Gasteiger partial charge in [-0.1, -0.05) is 24.3 Å². The predicted molar refractivity (Wildman–Crippen MR) is 67.7 cm³/mol. The summed E-state index contributed by atoms with van der Waals surface area (Å²) < 4.78 is 0. The van der Waals surface area contributed by atoms with Crippen LogP contribution in [0.25, 0.3) is 0 Å². The standard InChI is InChI=1S/C15H21N/c1-16-10-8-13(9-11-16)15-7-6-12-4-2-3-5-14(12)15/h2-5,13,15H,6-11H2,1H3. The maximum Gasteiger partial charge on any atom is -0.00189 e. The van der Waals surface area contributed by atoms with Crippen LogP contribution in [0.15, 0.2) is 24.3 Å². The van der Waals surface area contributed by atoms with Crippen LogP contribution in [0.3, 0.4) is 0 Å². The molecular formula is C15H21N. The molecule has 0 bridgehead atoms. The Morgan fingerprint density at radius 2 is 1.81 bits per heavy atom. The third-order valence-corrected chi connectivity index (χ3v) is 4.51. The van der Waals surface area contributed by atoms with E-state index in [2.05, 4.69) is 36.2 Å². The van der Waals surface area contributed by atoms with E-state index in [-0.39, 0.29) is 0 Å². The highest BCUT2D eigenvalue weighted by molar-refractivity contribution is 5.35. The van der Waals surface area contributed by atoms with Gasteiger partial charge in [-0.3, -0.25) is 0 Å². The van der Waals surface area contributed by atoms with E-state index in [0.29, 0.717) is 0 Å². The highest BCUT2D eigenvalue weighted by atomic mass is 15.1. The van der Waals surface area contributed by atoms with E-state index in [1.165, 1.54) is 38.8 Å². The van der Waals surface area contributed by atoms with Gasteiger partial charge in [0, 0.05) is 0 Å². The lowest BCUT2D eigenvalue weighted by molar-refractivity contribution is 0.197. The maximum atomic E-state index is 2.47. The van der Waals surface area contributed by atoms with Crippen molar-refractivity contribution in [3.8, 4) is 0 Å². The molecule has 0 spiro atoms. The number of hydrogen-bond acceptors (Lipinski definition) is 1. The third kappa shape index (κ3) is 1.78. The molecule has 1 unspecified atom stereocenters. The molecule has 1 fully saturated rings. The first-order valence-corrected chi connectivity index (χ1v) is 6.61. The number of fused-ring (bicyclic) bond motifs is 1. The first-order valence-electron chi connectivity index (χ1n) is 6.61. The Kier molecular flexibility index (Phi) is 2.72. The summed E-state index contributed by atoms with van der Waals surface area (Å²) in [6.07, 6.45) is 5.51. The minimum atomic E-state index is 0.866. The molecular weight excluding hydrogens is 194 g/mol. The first-order chi connectivity index (χ1) is 7.84. The minimum absolute atomic E-state index is 0.866. The lowest BCUT2D eigenvalue weighted by Crippen LogP contribution is -2.32. The van der Waals surface area contributed by atoms with Crippen LogP contribution in [0.5, 0.6) is 0 Å². The Morgan fingerprint density at radius 3 is 2.62 bits per heavy atom. The average Bonchev–Trinajstić information content (AvgIpc) is 2.74. The van der Waals surface area contributed by atoms with E-state index in [1.807, 2.05) is 0 Å². The van der Waals surface area contributed by atoms with Gasteiger partial charge in [-0.05, 0) is 68.8 Å². The number of nitrogens with zero attached hydrogens (tertiary/aromatic N) is 1. The molecule has 1 aromatic rings. The molecule has 1 saturated heterocycles. The van der Waals surface area contributed by atoms with E-state index in [1.54, 1.807) is 11.1 Å². The lowest BCUT2D eigenvalue weighted by atomic mass is 9.81. The molecule has 0 N–H and O–H groups in total. The Morgan fingerprint density at radius 1 is 1.06 bits per heavy atom. The lowest BCUT2D eigenvalue weighted by Gasteiger charge is -2.33. The molecule has 86 valence electrons. The van der Waals surface area contributed by atoms with Gasteiger partial charge in [-0.15, -0.1) is 0 Å². The zero-order chi connectivity index (χ0) is 11.0. The topological polar surface area (TPSA) is 3.24 Å². The summed E-state index contributed by atoms with van der Waals surface area (Å²) in [7, 11) is 2.25. The number of benzene rings is 1. The van der Waals surface area contributed by atoms with Crippen molar-refractivity contribution in [3.05, 3.63) is 35.4 Å². The van der Waals surface area contributed by atoms with Crippen molar-refractivity contribution in [2.24, 2.45) is 5.92 Å². The van der Waals surface area contributed by atoms with Gasteiger partial charge in [0.2, 0.25) is 0 Å². The van der Waals surface area contributed by atoms with Crippen LogP contribution < -0.4 is 0 Å². The fourth-order valence-electron chi connectivity index (χ4n) is 3.51. The molecule has 0 saturated carbocycles. The minimum Gasteiger partial charge on any atom is -0.306 e. The van der Waals surface area contributed by atoms with Gasteiger partial charge in [-0.25, -0.2) is 0 Å². The van der Waals surface area contributed by atoms with Crippen LogP contribution in [-0.4, -0.2) is 25.0 Å². The second-order valence-corrected chi connectivity index (χ2v) is 5.48. The molecule has 0 amide bonds. The van der Waals surface area contributed by atoms with Gasteiger partial charge >= 0.3 is 0 Å². The van der Waals surface area contributed by atoms with Crippen LogP contribution in [-0.2, 0) is 6.42 Å². The van der Waals surface area contributed by atoms with Gasteiger partial charge in [0.15, 0.2) is 0 Å². The van der Waals surface area contributed by atoms with Gasteiger partial charge in [0.05, 0.1) is 0 Å². The third-order valence-electron chi connectivity index (χ3n) is 4.51. The molecule has 1 nitrogen and oxygen atoms in total. The van der Waals surface area contributed by atoms with Crippen molar-refractivity contribution in [2.45, 2.75) is 31.6 Å². The van der Waals surface area contributed by atoms with E-state index in [4.69, 9.17) is 0 Å².